The summed E-state index contributed by atoms with van der Waals surface area (Å²) in [5.74, 6) is -1.20. The van der Waals surface area contributed by atoms with Crippen LogP contribution in [0, 0.1) is 11.3 Å². The fourth-order valence-corrected chi connectivity index (χ4v) is 3.92. The summed E-state index contributed by atoms with van der Waals surface area (Å²) in [6.45, 7) is 0.820. The van der Waals surface area contributed by atoms with Crippen molar-refractivity contribution >= 4 is 35.1 Å². The molecule has 1 saturated heterocycles. The summed E-state index contributed by atoms with van der Waals surface area (Å²) in [4.78, 5) is 17.7. The van der Waals surface area contributed by atoms with Gasteiger partial charge in [0.2, 0.25) is 0 Å². The molecule has 7 nitrogen and oxygen atoms in total. The number of anilines is 3. The van der Waals surface area contributed by atoms with Gasteiger partial charge in [0.1, 0.15) is 17.5 Å². The predicted molar refractivity (Wildman–Crippen MR) is 112 cm³/mol. The zero-order valence-electron chi connectivity index (χ0n) is 16.5. The van der Waals surface area contributed by atoms with Crippen molar-refractivity contribution in [2.24, 2.45) is 5.73 Å². The average molecular weight is 451 g/mol. The molecule has 164 valence electrons. The molecule has 11 heteroatoms. The van der Waals surface area contributed by atoms with Crippen LogP contribution < -0.4 is 16.0 Å². The van der Waals surface area contributed by atoms with Gasteiger partial charge in [-0.05, 0) is 36.4 Å². The molecule has 0 saturated carbocycles. The summed E-state index contributed by atoms with van der Waals surface area (Å²) in [5, 5.41) is 21.4. The molecule has 31 heavy (non-hydrogen) atoms. The van der Waals surface area contributed by atoms with E-state index < -0.39 is 23.3 Å². The first-order chi connectivity index (χ1) is 14.6. The molecule has 1 aromatic heterocycles. The minimum atomic E-state index is -4.76. The van der Waals surface area contributed by atoms with Crippen molar-refractivity contribution in [3.05, 3.63) is 41.0 Å². The van der Waals surface area contributed by atoms with Gasteiger partial charge in [-0.2, -0.15) is 18.4 Å². The molecule has 3 rings (SSSR count). The third kappa shape index (κ3) is 5.21. The molecule has 0 unspecified atom stereocenters. The maximum atomic E-state index is 13.7. The van der Waals surface area contributed by atoms with Crippen LogP contribution in [0.3, 0.4) is 0 Å². The Morgan fingerprint density at radius 2 is 2.19 bits per heavy atom. The lowest BCUT2D eigenvalue weighted by atomic mass is 10.1. The van der Waals surface area contributed by atoms with Gasteiger partial charge in [-0.15, -0.1) is 11.8 Å². The Kier molecular flexibility index (Phi) is 6.62. The molecule has 1 fully saturated rings. The summed E-state index contributed by atoms with van der Waals surface area (Å²) < 4.78 is 41.2. The van der Waals surface area contributed by atoms with Crippen molar-refractivity contribution in [2.45, 2.75) is 30.0 Å². The number of aromatic nitrogens is 1. The van der Waals surface area contributed by atoms with E-state index in [0.29, 0.717) is 35.7 Å². The first kappa shape index (κ1) is 22.7. The molecule has 1 aliphatic heterocycles. The second kappa shape index (κ2) is 9.03. The highest BCUT2D eigenvalue weighted by molar-refractivity contribution is 7.98. The first-order valence-electron chi connectivity index (χ1n) is 9.31. The molecule has 0 aliphatic carbocycles. The molecule has 0 bridgehead atoms. The van der Waals surface area contributed by atoms with Gasteiger partial charge in [0, 0.05) is 24.0 Å². The number of thioether (sulfide) groups is 1. The van der Waals surface area contributed by atoms with Crippen LogP contribution in [-0.2, 0) is 17.4 Å². The Bertz CT molecular complexity index is 1040. The molecule has 0 spiro atoms. The predicted octanol–water partition coefficient (Wildman–Crippen LogP) is 3.60. The Morgan fingerprint density at radius 1 is 1.45 bits per heavy atom. The van der Waals surface area contributed by atoms with E-state index in [1.54, 1.807) is 29.4 Å². The highest BCUT2D eigenvalue weighted by Gasteiger charge is 2.37. The molecular formula is C20H20F3N5O2S. The number of hydrogen-bond acceptors (Lipinski definition) is 7. The highest BCUT2D eigenvalue weighted by atomic mass is 32.2. The number of alkyl halides is 3. The number of halogens is 3. The Hall–Kier alpha value is -2.97. The number of aliphatic carboxylic acids is 1. The van der Waals surface area contributed by atoms with Gasteiger partial charge in [-0.25, -0.2) is 4.98 Å². The minimum absolute atomic E-state index is 0.0779. The maximum absolute atomic E-state index is 13.7. The summed E-state index contributed by atoms with van der Waals surface area (Å²) in [5.41, 5.74) is 5.01. The quantitative estimate of drug-likeness (QED) is 0.571. The minimum Gasteiger partial charge on any atom is -0.481 e. The molecule has 1 aliphatic rings. The standard InChI is InChI=1S/C20H20F3N5O2S/c1-31-16-3-2-11(7-18(29)30)6-15(16)26-19-13(9-24)14(20(21,22)23)8-17(27-19)28-5-4-12(25)10-28/h2-3,6,8,12H,4-5,7,10,25H2,1H3,(H,26,27)(H,29,30)/t12-/m1/s1. The van der Waals surface area contributed by atoms with Crippen LogP contribution in [0.15, 0.2) is 29.2 Å². The van der Waals surface area contributed by atoms with E-state index in [4.69, 9.17) is 10.8 Å². The highest BCUT2D eigenvalue weighted by Crippen LogP contribution is 2.39. The van der Waals surface area contributed by atoms with Crippen LogP contribution in [0.25, 0.3) is 0 Å². The lowest BCUT2D eigenvalue weighted by Gasteiger charge is -2.22. The third-order valence-corrected chi connectivity index (χ3v) is 5.64. The molecule has 1 atom stereocenters. The van der Waals surface area contributed by atoms with Crippen molar-refractivity contribution in [1.82, 2.24) is 4.98 Å². The second-order valence-electron chi connectivity index (χ2n) is 7.09. The van der Waals surface area contributed by atoms with Crippen molar-refractivity contribution in [2.75, 3.05) is 29.6 Å². The molecule has 2 aromatic rings. The third-order valence-electron chi connectivity index (χ3n) is 4.84. The number of benzene rings is 1. The van der Waals surface area contributed by atoms with Crippen molar-refractivity contribution in [3.8, 4) is 6.07 Å². The summed E-state index contributed by atoms with van der Waals surface area (Å²) in [7, 11) is 0. The van der Waals surface area contributed by atoms with Gasteiger partial charge in [-0.3, -0.25) is 4.79 Å². The number of hydrogen-bond donors (Lipinski definition) is 3. The molecule has 0 radical (unpaired) electrons. The lowest BCUT2D eigenvalue weighted by molar-refractivity contribution is -0.138. The fourth-order valence-electron chi connectivity index (χ4n) is 3.38. The molecular weight excluding hydrogens is 431 g/mol. The largest absolute Gasteiger partial charge is 0.481 e. The van der Waals surface area contributed by atoms with Gasteiger partial charge >= 0.3 is 12.1 Å². The number of pyridine rings is 1. The Labute approximate surface area is 181 Å². The summed E-state index contributed by atoms with van der Waals surface area (Å²) in [6.07, 6.45) is -2.60. The molecule has 2 heterocycles. The van der Waals surface area contributed by atoms with E-state index in [9.17, 15) is 23.2 Å². The topological polar surface area (TPSA) is 115 Å². The van der Waals surface area contributed by atoms with Crippen molar-refractivity contribution in [1.29, 1.82) is 5.26 Å². The summed E-state index contributed by atoms with van der Waals surface area (Å²) >= 11 is 1.33. The molecule has 4 N–H and O–H groups in total. The van der Waals surface area contributed by atoms with E-state index in [0.717, 1.165) is 6.07 Å². The zero-order chi connectivity index (χ0) is 22.8. The number of carbonyl (C=O) groups is 1. The number of nitrogens with zero attached hydrogens (tertiary/aromatic N) is 3. The fraction of sp³-hybridized carbons (Fsp3) is 0.350. The Morgan fingerprint density at radius 3 is 2.74 bits per heavy atom. The SMILES string of the molecule is CSc1ccc(CC(=O)O)cc1Nc1nc(N2CC[C@@H](N)C2)cc(C(F)(F)F)c1C#N. The van der Waals surface area contributed by atoms with Crippen LogP contribution in [-0.4, -0.2) is 41.4 Å². The van der Waals surface area contributed by atoms with Gasteiger partial charge in [0.25, 0.3) is 0 Å². The zero-order valence-corrected chi connectivity index (χ0v) is 17.3. The summed E-state index contributed by atoms with van der Waals surface area (Å²) in [6, 6.07) is 7.16. The van der Waals surface area contributed by atoms with Crippen molar-refractivity contribution < 1.29 is 23.1 Å². The number of carboxylic acid groups (broad SMARTS) is 1. The number of carboxylic acids is 1. The van der Waals surface area contributed by atoms with Gasteiger partial charge < -0.3 is 21.1 Å². The van der Waals surface area contributed by atoms with E-state index in [-0.39, 0.29) is 24.1 Å². The lowest BCUT2D eigenvalue weighted by Crippen LogP contribution is -2.27. The average Bonchev–Trinajstić information content (AvgIpc) is 3.13. The van der Waals surface area contributed by atoms with Gasteiger partial charge in [0.15, 0.2) is 5.82 Å². The van der Waals surface area contributed by atoms with Crippen LogP contribution >= 0.6 is 11.8 Å². The number of nitrogens with two attached hydrogens (primary N) is 1. The Balaban J connectivity index is 2.11. The monoisotopic (exact) mass is 451 g/mol. The van der Waals surface area contributed by atoms with E-state index in [1.165, 1.54) is 17.8 Å². The second-order valence-corrected chi connectivity index (χ2v) is 7.93. The molecule has 1 aromatic carbocycles. The number of rotatable bonds is 6. The van der Waals surface area contributed by atoms with Crippen molar-refractivity contribution in [3.63, 3.8) is 0 Å². The molecule has 0 amide bonds. The van der Waals surface area contributed by atoms with Gasteiger partial charge in [0.05, 0.1) is 17.7 Å². The maximum Gasteiger partial charge on any atom is 0.417 e. The van der Waals surface area contributed by atoms with Crippen LogP contribution in [0.5, 0.6) is 0 Å². The van der Waals surface area contributed by atoms with Crippen LogP contribution in [0.2, 0.25) is 0 Å². The number of nitrogens with one attached hydrogen (secondary N) is 1. The normalized spacial score (nSPS) is 16.3. The van der Waals surface area contributed by atoms with Crippen LogP contribution in [0.4, 0.5) is 30.5 Å². The van der Waals surface area contributed by atoms with Crippen LogP contribution in [0.1, 0.15) is 23.1 Å². The van der Waals surface area contributed by atoms with E-state index >= 15 is 0 Å². The number of nitriles is 1. The van der Waals surface area contributed by atoms with Gasteiger partial charge in [-0.1, -0.05) is 6.07 Å². The smallest absolute Gasteiger partial charge is 0.417 e. The van der Waals surface area contributed by atoms with E-state index in [2.05, 4.69) is 10.3 Å². The van der Waals surface area contributed by atoms with E-state index in [1.807, 2.05) is 0 Å². The first-order valence-corrected chi connectivity index (χ1v) is 10.5.